The standard InChI is InChI=1S/C11H17NO2/c1-14-6-5-12-8-10-3-2-4-11(7-10)9-13/h2-4,7,12-13H,5-6,8-9H2,1H3. The van der Waals surface area contributed by atoms with Gasteiger partial charge in [0.25, 0.3) is 0 Å². The number of rotatable bonds is 6. The molecule has 1 aromatic carbocycles. The Hall–Kier alpha value is -0.900. The van der Waals surface area contributed by atoms with Gasteiger partial charge in [-0.1, -0.05) is 24.3 Å². The van der Waals surface area contributed by atoms with Crippen molar-refractivity contribution in [3.05, 3.63) is 35.4 Å². The lowest BCUT2D eigenvalue weighted by molar-refractivity contribution is 0.199. The summed E-state index contributed by atoms with van der Waals surface area (Å²) in [5, 5.41) is 12.2. The molecule has 14 heavy (non-hydrogen) atoms. The van der Waals surface area contributed by atoms with Crippen molar-refractivity contribution in [3.8, 4) is 0 Å². The molecule has 0 unspecified atom stereocenters. The molecule has 0 saturated carbocycles. The molecule has 0 amide bonds. The van der Waals surface area contributed by atoms with E-state index in [0.717, 1.165) is 25.3 Å². The summed E-state index contributed by atoms with van der Waals surface area (Å²) in [7, 11) is 1.69. The number of ether oxygens (including phenoxy) is 1. The normalized spacial score (nSPS) is 10.4. The zero-order chi connectivity index (χ0) is 10.2. The molecule has 1 aromatic rings. The topological polar surface area (TPSA) is 41.5 Å². The summed E-state index contributed by atoms with van der Waals surface area (Å²) >= 11 is 0. The lowest BCUT2D eigenvalue weighted by atomic mass is 10.1. The smallest absolute Gasteiger partial charge is 0.0681 e. The zero-order valence-electron chi connectivity index (χ0n) is 8.49. The van der Waals surface area contributed by atoms with E-state index in [2.05, 4.69) is 5.32 Å². The molecule has 3 nitrogen and oxygen atoms in total. The van der Waals surface area contributed by atoms with Crippen LogP contribution < -0.4 is 5.32 Å². The van der Waals surface area contributed by atoms with Gasteiger partial charge in [0, 0.05) is 20.2 Å². The van der Waals surface area contributed by atoms with Crippen LogP contribution in [0.1, 0.15) is 11.1 Å². The number of hydrogen-bond donors (Lipinski definition) is 2. The van der Waals surface area contributed by atoms with E-state index in [1.165, 1.54) is 5.56 Å². The largest absolute Gasteiger partial charge is 0.392 e. The molecule has 0 fully saturated rings. The molecule has 78 valence electrons. The van der Waals surface area contributed by atoms with Gasteiger partial charge in [-0.05, 0) is 11.1 Å². The van der Waals surface area contributed by atoms with Gasteiger partial charge >= 0.3 is 0 Å². The maximum Gasteiger partial charge on any atom is 0.0681 e. The number of aliphatic hydroxyl groups is 1. The summed E-state index contributed by atoms with van der Waals surface area (Å²) in [4.78, 5) is 0. The second kappa shape index (κ2) is 6.54. The van der Waals surface area contributed by atoms with Crippen molar-refractivity contribution >= 4 is 0 Å². The monoisotopic (exact) mass is 195 g/mol. The molecular formula is C11H17NO2. The number of methoxy groups -OCH3 is 1. The molecule has 0 aliphatic heterocycles. The molecule has 3 heteroatoms. The van der Waals surface area contributed by atoms with Crippen molar-refractivity contribution in [1.29, 1.82) is 0 Å². The van der Waals surface area contributed by atoms with E-state index in [1.807, 2.05) is 24.3 Å². The van der Waals surface area contributed by atoms with Gasteiger partial charge < -0.3 is 15.2 Å². The zero-order valence-corrected chi connectivity index (χ0v) is 8.49. The van der Waals surface area contributed by atoms with Gasteiger partial charge in [-0.3, -0.25) is 0 Å². The highest BCUT2D eigenvalue weighted by molar-refractivity contribution is 5.22. The van der Waals surface area contributed by atoms with Gasteiger partial charge in [0.2, 0.25) is 0 Å². The highest BCUT2D eigenvalue weighted by Crippen LogP contribution is 2.04. The van der Waals surface area contributed by atoms with E-state index >= 15 is 0 Å². The molecule has 2 N–H and O–H groups in total. The first-order chi connectivity index (χ1) is 6.86. The first-order valence-corrected chi connectivity index (χ1v) is 4.75. The summed E-state index contributed by atoms with van der Waals surface area (Å²) in [5.41, 5.74) is 2.14. The molecule has 0 aliphatic rings. The van der Waals surface area contributed by atoms with Crippen molar-refractivity contribution in [1.82, 2.24) is 5.32 Å². The van der Waals surface area contributed by atoms with E-state index in [9.17, 15) is 0 Å². The number of hydrogen-bond acceptors (Lipinski definition) is 3. The van der Waals surface area contributed by atoms with Crippen LogP contribution in [0.4, 0.5) is 0 Å². The average molecular weight is 195 g/mol. The lowest BCUT2D eigenvalue weighted by Crippen LogP contribution is -2.18. The second-order valence-electron chi connectivity index (χ2n) is 3.15. The average Bonchev–Trinajstić information content (AvgIpc) is 2.25. The van der Waals surface area contributed by atoms with E-state index < -0.39 is 0 Å². The van der Waals surface area contributed by atoms with Crippen molar-refractivity contribution in [3.63, 3.8) is 0 Å². The fraction of sp³-hybridized carbons (Fsp3) is 0.455. The molecule has 0 radical (unpaired) electrons. The molecule has 0 atom stereocenters. The SMILES string of the molecule is COCCNCc1cccc(CO)c1. The third-order valence-electron chi connectivity index (χ3n) is 1.99. The summed E-state index contributed by atoms with van der Waals surface area (Å²) in [5.74, 6) is 0. The molecule has 0 heterocycles. The quantitative estimate of drug-likeness (QED) is 0.663. The summed E-state index contributed by atoms with van der Waals surface area (Å²) < 4.78 is 4.92. The molecule has 0 aromatic heterocycles. The molecule has 0 aliphatic carbocycles. The first kappa shape index (κ1) is 11.2. The van der Waals surface area contributed by atoms with E-state index in [4.69, 9.17) is 9.84 Å². The number of benzene rings is 1. The van der Waals surface area contributed by atoms with E-state index in [-0.39, 0.29) is 6.61 Å². The lowest BCUT2D eigenvalue weighted by Gasteiger charge is -2.05. The molecule has 1 rings (SSSR count). The predicted octanol–water partition coefficient (Wildman–Crippen LogP) is 0.915. The molecule has 0 spiro atoms. The minimum Gasteiger partial charge on any atom is -0.392 e. The highest BCUT2D eigenvalue weighted by Gasteiger charge is 1.94. The Morgan fingerprint density at radius 1 is 1.36 bits per heavy atom. The van der Waals surface area contributed by atoms with Crippen LogP contribution in [0.15, 0.2) is 24.3 Å². The van der Waals surface area contributed by atoms with Gasteiger partial charge in [0.15, 0.2) is 0 Å². The third-order valence-corrected chi connectivity index (χ3v) is 1.99. The molecule has 0 saturated heterocycles. The van der Waals surface area contributed by atoms with Crippen LogP contribution >= 0.6 is 0 Å². The van der Waals surface area contributed by atoms with Gasteiger partial charge in [-0.25, -0.2) is 0 Å². The van der Waals surface area contributed by atoms with Gasteiger partial charge in [-0.2, -0.15) is 0 Å². The van der Waals surface area contributed by atoms with Crippen LogP contribution in [-0.2, 0) is 17.9 Å². The van der Waals surface area contributed by atoms with Crippen molar-refractivity contribution in [2.75, 3.05) is 20.3 Å². The Morgan fingerprint density at radius 2 is 2.14 bits per heavy atom. The van der Waals surface area contributed by atoms with E-state index in [0.29, 0.717) is 0 Å². The number of nitrogens with one attached hydrogen (secondary N) is 1. The first-order valence-electron chi connectivity index (χ1n) is 4.75. The van der Waals surface area contributed by atoms with Gasteiger partial charge in [-0.15, -0.1) is 0 Å². The second-order valence-corrected chi connectivity index (χ2v) is 3.15. The van der Waals surface area contributed by atoms with Gasteiger partial charge in [0.1, 0.15) is 0 Å². The highest BCUT2D eigenvalue weighted by atomic mass is 16.5. The van der Waals surface area contributed by atoms with Crippen LogP contribution in [0, 0.1) is 0 Å². The Labute approximate surface area is 84.7 Å². The minimum absolute atomic E-state index is 0.103. The van der Waals surface area contributed by atoms with Crippen molar-refractivity contribution < 1.29 is 9.84 Å². The Morgan fingerprint density at radius 3 is 2.86 bits per heavy atom. The molecule has 0 bridgehead atoms. The van der Waals surface area contributed by atoms with Crippen LogP contribution in [0.25, 0.3) is 0 Å². The van der Waals surface area contributed by atoms with Crippen molar-refractivity contribution in [2.24, 2.45) is 0 Å². The summed E-state index contributed by atoms with van der Waals surface area (Å²) in [6.07, 6.45) is 0. The Bertz CT molecular complexity index is 263. The minimum atomic E-state index is 0.103. The fourth-order valence-electron chi connectivity index (χ4n) is 1.24. The van der Waals surface area contributed by atoms with Crippen LogP contribution in [-0.4, -0.2) is 25.4 Å². The Balaban J connectivity index is 2.34. The Kier molecular flexibility index (Phi) is 5.22. The van der Waals surface area contributed by atoms with Crippen LogP contribution in [0.5, 0.6) is 0 Å². The van der Waals surface area contributed by atoms with Crippen molar-refractivity contribution in [2.45, 2.75) is 13.2 Å². The number of aliphatic hydroxyl groups excluding tert-OH is 1. The summed E-state index contributed by atoms with van der Waals surface area (Å²) in [6.45, 7) is 2.49. The maximum absolute atomic E-state index is 8.93. The molecular weight excluding hydrogens is 178 g/mol. The van der Waals surface area contributed by atoms with Crippen LogP contribution in [0.3, 0.4) is 0 Å². The maximum atomic E-state index is 8.93. The van der Waals surface area contributed by atoms with E-state index in [1.54, 1.807) is 7.11 Å². The fourth-order valence-corrected chi connectivity index (χ4v) is 1.24. The van der Waals surface area contributed by atoms with Gasteiger partial charge in [0.05, 0.1) is 13.2 Å². The van der Waals surface area contributed by atoms with Crippen LogP contribution in [0.2, 0.25) is 0 Å². The third kappa shape index (κ3) is 3.87. The summed E-state index contributed by atoms with van der Waals surface area (Å²) in [6, 6.07) is 7.91. The predicted molar refractivity (Wildman–Crippen MR) is 55.9 cm³/mol.